The average molecular weight is 549 g/mol. The highest BCUT2D eigenvalue weighted by Gasteiger charge is 2.26. The van der Waals surface area contributed by atoms with Gasteiger partial charge in [-0.15, -0.1) is 0 Å². The van der Waals surface area contributed by atoms with Gasteiger partial charge in [0.1, 0.15) is 17.6 Å². The SMILES string of the molecule is C=C1CC(CCCCCCCCCCOc2ccc(C(=O)Oc3ccc(C=CC(=O)OCC)cc3)cc2)OC1=O. The van der Waals surface area contributed by atoms with Crippen molar-refractivity contribution in [2.75, 3.05) is 13.2 Å². The Labute approximate surface area is 237 Å². The number of hydrogen-bond donors (Lipinski definition) is 0. The van der Waals surface area contributed by atoms with Crippen molar-refractivity contribution in [3.05, 3.63) is 77.9 Å². The first-order chi connectivity index (χ1) is 19.4. The van der Waals surface area contributed by atoms with E-state index in [2.05, 4.69) is 6.58 Å². The molecule has 1 aliphatic rings. The molecule has 0 bridgehead atoms. The van der Waals surface area contributed by atoms with E-state index in [1.54, 1.807) is 61.5 Å². The lowest BCUT2D eigenvalue weighted by Gasteiger charge is -2.08. The van der Waals surface area contributed by atoms with E-state index >= 15 is 0 Å². The minimum atomic E-state index is -0.450. The fourth-order valence-corrected chi connectivity index (χ4v) is 4.38. The number of ether oxygens (including phenoxy) is 4. The number of hydrogen-bond acceptors (Lipinski definition) is 7. The first kappa shape index (κ1) is 30.7. The molecule has 0 aromatic heterocycles. The van der Waals surface area contributed by atoms with Crippen molar-refractivity contribution in [2.24, 2.45) is 0 Å². The van der Waals surface area contributed by atoms with Crippen LogP contribution in [0, 0.1) is 0 Å². The van der Waals surface area contributed by atoms with Gasteiger partial charge in [0.25, 0.3) is 0 Å². The highest BCUT2D eigenvalue weighted by molar-refractivity contribution is 5.91. The van der Waals surface area contributed by atoms with Gasteiger partial charge in [0, 0.05) is 18.1 Å². The third-order valence-corrected chi connectivity index (χ3v) is 6.60. The smallest absolute Gasteiger partial charge is 0.343 e. The van der Waals surface area contributed by atoms with Crippen molar-refractivity contribution in [1.82, 2.24) is 0 Å². The van der Waals surface area contributed by atoms with E-state index in [9.17, 15) is 14.4 Å². The maximum Gasteiger partial charge on any atom is 0.343 e. The first-order valence-electron chi connectivity index (χ1n) is 14.2. The monoisotopic (exact) mass is 548 g/mol. The first-order valence-corrected chi connectivity index (χ1v) is 14.2. The van der Waals surface area contributed by atoms with Gasteiger partial charge in [0.05, 0.1) is 18.8 Å². The molecule has 0 amide bonds. The summed E-state index contributed by atoms with van der Waals surface area (Å²) in [6, 6.07) is 13.8. The number of carbonyl (C=O) groups is 3. The highest BCUT2D eigenvalue weighted by Crippen LogP contribution is 2.23. The Morgan fingerprint density at radius 1 is 0.900 bits per heavy atom. The average Bonchev–Trinajstić information content (AvgIpc) is 3.28. The van der Waals surface area contributed by atoms with Gasteiger partial charge in [-0.1, -0.05) is 57.2 Å². The molecule has 0 spiro atoms. The van der Waals surface area contributed by atoms with Crippen LogP contribution in [0.15, 0.2) is 66.8 Å². The van der Waals surface area contributed by atoms with Crippen LogP contribution >= 0.6 is 0 Å². The standard InChI is InChI=1S/C33H40O7/c1-3-37-31(34)22-15-26-13-18-29(19-14-26)39-33(36)27-16-20-28(21-17-27)38-23-11-9-7-5-4-6-8-10-12-30-24-25(2)32(35)40-30/h13-22,30H,2-12,23-24H2,1H3. The normalized spacial score (nSPS) is 14.8. The van der Waals surface area contributed by atoms with Gasteiger partial charge in [0.2, 0.25) is 0 Å². The van der Waals surface area contributed by atoms with E-state index in [-0.39, 0.29) is 12.1 Å². The summed E-state index contributed by atoms with van der Waals surface area (Å²) in [5.74, 6) is 0.0681. The number of rotatable bonds is 17. The van der Waals surface area contributed by atoms with Gasteiger partial charge in [-0.2, -0.15) is 0 Å². The predicted octanol–water partition coefficient (Wildman–Crippen LogP) is 7.24. The Hall–Kier alpha value is -3.87. The minimum absolute atomic E-state index is 0.0446. The molecule has 0 aliphatic carbocycles. The van der Waals surface area contributed by atoms with Gasteiger partial charge >= 0.3 is 17.9 Å². The van der Waals surface area contributed by atoms with Gasteiger partial charge in [-0.05, 0) is 74.2 Å². The van der Waals surface area contributed by atoms with Crippen LogP contribution in [-0.2, 0) is 19.1 Å². The van der Waals surface area contributed by atoms with Crippen LogP contribution in [0.1, 0.15) is 87.1 Å². The third-order valence-electron chi connectivity index (χ3n) is 6.60. The van der Waals surface area contributed by atoms with Crippen LogP contribution in [0.5, 0.6) is 11.5 Å². The summed E-state index contributed by atoms with van der Waals surface area (Å²) < 4.78 is 21.4. The van der Waals surface area contributed by atoms with Crippen molar-refractivity contribution in [1.29, 1.82) is 0 Å². The van der Waals surface area contributed by atoms with Gasteiger partial charge in [-0.3, -0.25) is 0 Å². The molecule has 2 aromatic rings. The van der Waals surface area contributed by atoms with Crippen LogP contribution < -0.4 is 9.47 Å². The fourth-order valence-electron chi connectivity index (χ4n) is 4.38. The molecule has 7 heteroatoms. The van der Waals surface area contributed by atoms with E-state index in [1.165, 1.54) is 38.2 Å². The molecule has 1 aliphatic heterocycles. The summed E-state index contributed by atoms with van der Waals surface area (Å²) in [5, 5.41) is 0. The summed E-state index contributed by atoms with van der Waals surface area (Å²) in [7, 11) is 0. The summed E-state index contributed by atoms with van der Waals surface area (Å²) in [6.45, 7) is 6.45. The molecule has 7 nitrogen and oxygen atoms in total. The molecule has 3 rings (SSSR count). The predicted molar refractivity (Wildman–Crippen MR) is 154 cm³/mol. The molecule has 1 atom stereocenters. The number of cyclic esters (lactones) is 1. The fraction of sp³-hybridized carbons (Fsp3) is 0.424. The Kier molecular flexibility index (Phi) is 13.0. The largest absolute Gasteiger partial charge is 0.494 e. The molecule has 0 radical (unpaired) electrons. The maximum absolute atomic E-state index is 12.5. The highest BCUT2D eigenvalue weighted by atomic mass is 16.6. The second kappa shape index (κ2) is 17.0. The number of unbranched alkanes of at least 4 members (excludes halogenated alkanes) is 7. The van der Waals surface area contributed by atoms with Crippen molar-refractivity contribution >= 4 is 24.0 Å². The van der Waals surface area contributed by atoms with E-state index in [0.717, 1.165) is 37.0 Å². The Bertz CT molecular complexity index is 1120. The number of benzene rings is 2. The quantitative estimate of drug-likeness (QED) is 0.0891. The topological polar surface area (TPSA) is 88.1 Å². The molecule has 1 saturated heterocycles. The van der Waals surface area contributed by atoms with Crippen LogP contribution in [0.4, 0.5) is 0 Å². The second-order valence-corrected chi connectivity index (χ2v) is 9.87. The molecule has 0 N–H and O–H groups in total. The van der Waals surface area contributed by atoms with Crippen LogP contribution in [0.25, 0.3) is 6.08 Å². The maximum atomic E-state index is 12.5. The van der Waals surface area contributed by atoms with Crippen molar-refractivity contribution < 1.29 is 33.3 Å². The molecule has 214 valence electrons. The van der Waals surface area contributed by atoms with E-state index in [1.807, 2.05) is 0 Å². The molecule has 2 aromatic carbocycles. The summed E-state index contributed by atoms with van der Waals surface area (Å²) in [4.78, 5) is 35.2. The van der Waals surface area contributed by atoms with Crippen LogP contribution in [0.2, 0.25) is 0 Å². The molecular formula is C33H40O7. The lowest BCUT2D eigenvalue weighted by atomic mass is 10.0. The summed E-state index contributed by atoms with van der Waals surface area (Å²) in [5.41, 5.74) is 1.84. The van der Waals surface area contributed by atoms with Crippen molar-refractivity contribution in [3.63, 3.8) is 0 Å². The van der Waals surface area contributed by atoms with Gasteiger partial charge < -0.3 is 18.9 Å². The van der Waals surface area contributed by atoms with E-state index in [0.29, 0.717) is 36.5 Å². The molecule has 1 unspecified atom stereocenters. The molecular weight excluding hydrogens is 508 g/mol. The molecule has 40 heavy (non-hydrogen) atoms. The zero-order valence-corrected chi connectivity index (χ0v) is 23.4. The lowest BCUT2D eigenvalue weighted by Crippen LogP contribution is -2.08. The van der Waals surface area contributed by atoms with Crippen molar-refractivity contribution in [2.45, 2.75) is 77.2 Å². The molecule has 1 heterocycles. The third kappa shape index (κ3) is 11.1. The van der Waals surface area contributed by atoms with Crippen molar-refractivity contribution in [3.8, 4) is 11.5 Å². The number of carbonyl (C=O) groups excluding carboxylic acids is 3. The van der Waals surface area contributed by atoms with Crippen LogP contribution in [-0.4, -0.2) is 37.2 Å². The van der Waals surface area contributed by atoms with E-state index in [4.69, 9.17) is 18.9 Å². The lowest BCUT2D eigenvalue weighted by molar-refractivity contribution is -0.139. The second-order valence-electron chi connectivity index (χ2n) is 9.87. The molecule has 0 saturated carbocycles. The number of esters is 3. The zero-order valence-electron chi connectivity index (χ0n) is 23.4. The van der Waals surface area contributed by atoms with Gasteiger partial charge in [0.15, 0.2) is 0 Å². The van der Waals surface area contributed by atoms with Gasteiger partial charge in [-0.25, -0.2) is 14.4 Å². The van der Waals surface area contributed by atoms with Crippen LogP contribution in [0.3, 0.4) is 0 Å². The van der Waals surface area contributed by atoms with E-state index < -0.39 is 11.9 Å². The molecule has 1 fully saturated rings. The Morgan fingerprint density at radius 2 is 1.52 bits per heavy atom. The Balaban J connectivity index is 1.22. The zero-order chi connectivity index (χ0) is 28.6. The summed E-state index contributed by atoms with van der Waals surface area (Å²) in [6.07, 6.45) is 13.9. The Morgan fingerprint density at radius 3 is 2.15 bits per heavy atom. The minimum Gasteiger partial charge on any atom is -0.494 e. The summed E-state index contributed by atoms with van der Waals surface area (Å²) >= 11 is 0.